The second-order valence-corrected chi connectivity index (χ2v) is 4.11. The number of rotatable bonds is 4. The molecule has 0 fully saturated rings. The second-order valence-electron chi connectivity index (χ2n) is 4.11. The Morgan fingerprint density at radius 1 is 1.29 bits per heavy atom. The van der Waals surface area contributed by atoms with E-state index in [4.69, 9.17) is 0 Å². The SMILES string of the molecule is CCNc1cc(C(F)(F)F)nc2c(OC(F)F)cccc12. The molecular weight excluding hydrogens is 295 g/mol. The minimum absolute atomic E-state index is 0.162. The van der Waals surface area contributed by atoms with E-state index in [9.17, 15) is 22.0 Å². The highest BCUT2D eigenvalue weighted by Gasteiger charge is 2.33. The number of nitrogens with one attached hydrogen (secondary N) is 1. The topological polar surface area (TPSA) is 34.2 Å². The lowest BCUT2D eigenvalue weighted by molar-refractivity contribution is -0.140. The molecule has 2 rings (SSSR count). The molecule has 21 heavy (non-hydrogen) atoms. The Morgan fingerprint density at radius 3 is 2.57 bits per heavy atom. The first-order valence-corrected chi connectivity index (χ1v) is 6.02. The molecular formula is C13H11F5N2O. The van der Waals surface area contributed by atoms with Crippen LogP contribution in [0, 0.1) is 0 Å². The lowest BCUT2D eigenvalue weighted by Crippen LogP contribution is -2.11. The van der Waals surface area contributed by atoms with E-state index in [1.54, 1.807) is 6.92 Å². The molecule has 3 nitrogen and oxygen atoms in total. The summed E-state index contributed by atoms with van der Waals surface area (Å²) in [5.41, 5.74) is -1.27. The molecule has 1 N–H and O–H groups in total. The van der Waals surface area contributed by atoms with Crippen molar-refractivity contribution in [1.29, 1.82) is 0 Å². The number of benzene rings is 1. The molecule has 0 aliphatic heterocycles. The number of anilines is 1. The van der Waals surface area contributed by atoms with E-state index < -0.39 is 24.2 Å². The van der Waals surface area contributed by atoms with Crippen LogP contribution in [0.1, 0.15) is 12.6 Å². The van der Waals surface area contributed by atoms with Crippen LogP contribution in [0.2, 0.25) is 0 Å². The third-order valence-corrected chi connectivity index (χ3v) is 2.68. The van der Waals surface area contributed by atoms with Gasteiger partial charge in [-0.1, -0.05) is 12.1 Å². The summed E-state index contributed by atoms with van der Waals surface area (Å²) in [4.78, 5) is 3.42. The van der Waals surface area contributed by atoms with Crippen LogP contribution in [0.4, 0.5) is 27.6 Å². The van der Waals surface area contributed by atoms with Gasteiger partial charge in [0.2, 0.25) is 0 Å². The molecule has 0 unspecified atom stereocenters. The van der Waals surface area contributed by atoms with Crippen molar-refractivity contribution in [2.45, 2.75) is 19.7 Å². The summed E-state index contributed by atoms with van der Waals surface area (Å²) < 4.78 is 67.5. The number of nitrogens with zero attached hydrogens (tertiary/aromatic N) is 1. The third-order valence-electron chi connectivity index (χ3n) is 2.68. The van der Waals surface area contributed by atoms with E-state index in [1.807, 2.05) is 0 Å². The number of pyridine rings is 1. The summed E-state index contributed by atoms with van der Waals surface area (Å²) in [6.45, 7) is -1.07. The number of halogens is 5. The fourth-order valence-electron chi connectivity index (χ4n) is 1.90. The van der Waals surface area contributed by atoms with Crippen LogP contribution in [0.25, 0.3) is 10.9 Å². The van der Waals surface area contributed by atoms with Crippen molar-refractivity contribution in [2.24, 2.45) is 0 Å². The zero-order valence-corrected chi connectivity index (χ0v) is 10.8. The van der Waals surface area contributed by atoms with Crippen molar-refractivity contribution in [2.75, 3.05) is 11.9 Å². The van der Waals surface area contributed by atoms with Gasteiger partial charge in [0.15, 0.2) is 5.75 Å². The molecule has 8 heteroatoms. The molecule has 0 amide bonds. The van der Waals surface area contributed by atoms with Gasteiger partial charge in [-0.2, -0.15) is 22.0 Å². The summed E-state index contributed by atoms with van der Waals surface area (Å²) >= 11 is 0. The summed E-state index contributed by atoms with van der Waals surface area (Å²) in [7, 11) is 0. The number of aromatic nitrogens is 1. The molecule has 0 radical (unpaired) electrons. The van der Waals surface area contributed by atoms with Gasteiger partial charge in [0.05, 0.1) is 0 Å². The number of para-hydroxylation sites is 1. The van der Waals surface area contributed by atoms with Crippen LogP contribution in [-0.4, -0.2) is 18.1 Å². The smallest absolute Gasteiger partial charge is 0.432 e. The molecule has 0 aliphatic rings. The summed E-state index contributed by atoms with van der Waals surface area (Å²) in [5, 5.41) is 3.04. The first kappa shape index (κ1) is 15.3. The van der Waals surface area contributed by atoms with Crippen molar-refractivity contribution in [3.63, 3.8) is 0 Å². The normalized spacial score (nSPS) is 12.0. The van der Waals surface area contributed by atoms with Gasteiger partial charge < -0.3 is 10.1 Å². The van der Waals surface area contributed by atoms with Gasteiger partial charge in [-0.05, 0) is 19.1 Å². The quantitative estimate of drug-likeness (QED) is 0.856. The van der Waals surface area contributed by atoms with E-state index in [-0.39, 0.29) is 16.6 Å². The number of ether oxygens (including phenoxy) is 1. The largest absolute Gasteiger partial charge is 0.433 e. The predicted molar refractivity (Wildman–Crippen MR) is 67.5 cm³/mol. The zero-order valence-electron chi connectivity index (χ0n) is 10.8. The highest BCUT2D eigenvalue weighted by molar-refractivity contribution is 5.95. The van der Waals surface area contributed by atoms with Gasteiger partial charge >= 0.3 is 12.8 Å². The second kappa shape index (κ2) is 5.71. The molecule has 1 heterocycles. The van der Waals surface area contributed by atoms with Crippen molar-refractivity contribution in [1.82, 2.24) is 4.98 Å². The van der Waals surface area contributed by atoms with Gasteiger partial charge in [0.1, 0.15) is 11.2 Å². The lowest BCUT2D eigenvalue weighted by atomic mass is 10.1. The average Bonchev–Trinajstić information content (AvgIpc) is 2.38. The van der Waals surface area contributed by atoms with E-state index in [0.29, 0.717) is 6.54 Å². The Labute approximate surface area is 116 Å². The van der Waals surface area contributed by atoms with Gasteiger partial charge in [-0.25, -0.2) is 4.98 Å². The van der Waals surface area contributed by atoms with Gasteiger partial charge in [0.25, 0.3) is 0 Å². The molecule has 1 aromatic carbocycles. The molecule has 2 aromatic rings. The highest BCUT2D eigenvalue weighted by atomic mass is 19.4. The summed E-state index contributed by atoms with van der Waals surface area (Å²) in [6, 6.07) is 4.89. The van der Waals surface area contributed by atoms with Gasteiger partial charge in [-0.3, -0.25) is 0 Å². The molecule has 0 spiro atoms. The monoisotopic (exact) mass is 306 g/mol. The highest BCUT2D eigenvalue weighted by Crippen LogP contribution is 2.36. The van der Waals surface area contributed by atoms with Crippen LogP contribution in [-0.2, 0) is 6.18 Å². The summed E-state index contributed by atoms with van der Waals surface area (Å²) in [6.07, 6.45) is -4.68. The van der Waals surface area contributed by atoms with Crippen molar-refractivity contribution < 1.29 is 26.7 Å². The standard InChI is InChI=1S/C13H11F5N2O/c1-2-19-8-6-10(13(16,17)18)20-11-7(8)4-3-5-9(11)21-12(14)15/h3-6,12H,2H2,1H3,(H,19,20). The molecule has 0 saturated carbocycles. The molecule has 114 valence electrons. The minimum Gasteiger partial charge on any atom is -0.432 e. The Balaban J connectivity index is 2.70. The Bertz CT molecular complexity index is 642. The van der Waals surface area contributed by atoms with Crippen LogP contribution in [0.3, 0.4) is 0 Å². The van der Waals surface area contributed by atoms with Gasteiger partial charge in [-0.15, -0.1) is 0 Å². The number of hydrogen-bond acceptors (Lipinski definition) is 3. The molecule has 0 saturated heterocycles. The fourth-order valence-corrected chi connectivity index (χ4v) is 1.90. The lowest BCUT2D eigenvalue weighted by Gasteiger charge is -2.14. The Kier molecular flexibility index (Phi) is 4.15. The van der Waals surface area contributed by atoms with Crippen LogP contribution < -0.4 is 10.1 Å². The average molecular weight is 306 g/mol. The Hall–Kier alpha value is -2.12. The molecule has 0 atom stereocenters. The Morgan fingerprint density at radius 2 is 2.00 bits per heavy atom. The van der Waals surface area contributed by atoms with Crippen LogP contribution in [0.5, 0.6) is 5.75 Å². The number of alkyl halides is 5. The van der Waals surface area contributed by atoms with Crippen LogP contribution >= 0.6 is 0 Å². The fraction of sp³-hybridized carbons (Fsp3) is 0.308. The number of fused-ring (bicyclic) bond motifs is 1. The van der Waals surface area contributed by atoms with E-state index >= 15 is 0 Å². The maximum Gasteiger partial charge on any atom is 0.433 e. The van der Waals surface area contributed by atoms with Crippen molar-refractivity contribution in [3.8, 4) is 5.75 Å². The minimum atomic E-state index is -4.68. The molecule has 0 aliphatic carbocycles. The van der Waals surface area contributed by atoms with Crippen molar-refractivity contribution >= 4 is 16.6 Å². The zero-order chi connectivity index (χ0) is 15.6. The van der Waals surface area contributed by atoms with E-state index in [0.717, 1.165) is 12.1 Å². The number of hydrogen-bond donors (Lipinski definition) is 1. The van der Waals surface area contributed by atoms with E-state index in [2.05, 4.69) is 15.0 Å². The first-order valence-electron chi connectivity index (χ1n) is 6.02. The molecule has 0 bridgehead atoms. The summed E-state index contributed by atoms with van der Waals surface area (Å²) in [5.74, 6) is -0.396. The third kappa shape index (κ3) is 3.32. The predicted octanol–water partition coefficient (Wildman–Crippen LogP) is 4.29. The maximum atomic E-state index is 12.9. The maximum absolute atomic E-state index is 12.9. The van der Waals surface area contributed by atoms with Crippen LogP contribution in [0.15, 0.2) is 24.3 Å². The van der Waals surface area contributed by atoms with E-state index in [1.165, 1.54) is 12.1 Å². The van der Waals surface area contributed by atoms with Crippen molar-refractivity contribution in [3.05, 3.63) is 30.0 Å². The molecule has 1 aromatic heterocycles. The first-order chi connectivity index (χ1) is 9.82. The van der Waals surface area contributed by atoms with Gasteiger partial charge in [0, 0.05) is 17.6 Å².